The van der Waals surface area contributed by atoms with Gasteiger partial charge in [0.1, 0.15) is 16.1 Å². The summed E-state index contributed by atoms with van der Waals surface area (Å²) in [7, 11) is -1.02. The van der Waals surface area contributed by atoms with E-state index in [4.69, 9.17) is 11.6 Å². The van der Waals surface area contributed by atoms with Gasteiger partial charge in [-0.2, -0.15) is 17.5 Å². The van der Waals surface area contributed by atoms with Gasteiger partial charge in [-0.05, 0) is 42.0 Å². The van der Waals surface area contributed by atoms with Gasteiger partial charge in [0.2, 0.25) is 5.91 Å². The first-order chi connectivity index (χ1) is 18.1. The Hall–Kier alpha value is -2.81. The molecule has 210 valence electrons. The Labute approximate surface area is 230 Å². The van der Waals surface area contributed by atoms with Crippen molar-refractivity contribution in [2.24, 2.45) is 0 Å². The largest absolute Gasteiger partial charge is 0.416 e. The summed E-state index contributed by atoms with van der Waals surface area (Å²) in [5, 5.41) is 2.52. The topological polar surface area (TPSA) is 82.6 Å². The first-order valence-corrected chi connectivity index (χ1v) is 14.0. The number of nitrogens with zero attached hydrogens (tertiary/aromatic N) is 3. The molecule has 0 saturated carbocycles. The fraction of sp³-hybridized carbons (Fsp3) is 0.333. The van der Waals surface area contributed by atoms with E-state index >= 15 is 0 Å². The van der Waals surface area contributed by atoms with Gasteiger partial charge in [-0.25, -0.2) is 22.2 Å². The van der Waals surface area contributed by atoms with Crippen molar-refractivity contribution < 1.29 is 35.2 Å². The zero-order valence-corrected chi connectivity index (χ0v) is 22.9. The van der Waals surface area contributed by atoms with Crippen LogP contribution < -0.4 is 10.2 Å². The maximum atomic E-state index is 14.3. The van der Waals surface area contributed by atoms with Crippen molar-refractivity contribution in [1.29, 1.82) is 0 Å². The van der Waals surface area contributed by atoms with Gasteiger partial charge in [0.05, 0.1) is 22.1 Å². The zero-order chi connectivity index (χ0) is 28.8. The molecule has 1 aliphatic rings. The van der Waals surface area contributed by atoms with Crippen LogP contribution in [-0.4, -0.2) is 56.2 Å². The minimum absolute atomic E-state index is 0.152. The molecule has 3 heterocycles. The fourth-order valence-electron chi connectivity index (χ4n) is 4.00. The van der Waals surface area contributed by atoms with Crippen LogP contribution in [0.25, 0.3) is 11.3 Å². The first kappa shape index (κ1) is 29.2. The molecular formula is C24H22ClF5N4O3S2. The minimum Gasteiger partial charge on any atom is -0.363 e. The molecule has 1 atom stereocenters. The Bertz CT molecular complexity index is 1480. The molecule has 4 rings (SSSR count). The van der Waals surface area contributed by atoms with E-state index in [-0.39, 0.29) is 15.1 Å². The molecule has 0 unspecified atom stereocenters. The van der Waals surface area contributed by atoms with Gasteiger partial charge >= 0.3 is 6.18 Å². The van der Waals surface area contributed by atoms with Crippen LogP contribution in [-0.2, 0) is 27.5 Å². The van der Waals surface area contributed by atoms with Crippen LogP contribution in [0.3, 0.4) is 0 Å². The van der Waals surface area contributed by atoms with Gasteiger partial charge in [0.15, 0.2) is 0 Å². The van der Waals surface area contributed by atoms with Gasteiger partial charge < -0.3 is 10.2 Å². The van der Waals surface area contributed by atoms with Crippen molar-refractivity contribution in [2.75, 3.05) is 25.5 Å². The fourth-order valence-corrected chi connectivity index (χ4v) is 7.23. The van der Waals surface area contributed by atoms with Crippen LogP contribution in [0.4, 0.5) is 27.8 Å². The summed E-state index contributed by atoms with van der Waals surface area (Å²) in [5.74, 6) is -3.90. The van der Waals surface area contributed by atoms with Crippen molar-refractivity contribution in [3.8, 4) is 11.3 Å². The number of halogens is 6. The van der Waals surface area contributed by atoms with Crippen molar-refractivity contribution in [3.63, 3.8) is 0 Å². The predicted octanol–water partition coefficient (Wildman–Crippen LogP) is 5.26. The number of thiophene rings is 1. The molecule has 7 nitrogen and oxygen atoms in total. The number of nitrogens with one attached hydrogen (secondary N) is 1. The van der Waals surface area contributed by atoms with Crippen LogP contribution in [0.2, 0.25) is 4.34 Å². The summed E-state index contributed by atoms with van der Waals surface area (Å²) in [4.78, 5) is 19.1. The Kier molecular flexibility index (Phi) is 7.96. The van der Waals surface area contributed by atoms with Crippen LogP contribution in [0.5, 0.6) is 0 Å². The number of anilines is 1. The smallest absolute Gasteiger partial charge is 0.363 e. The molecule has 2 aromatic heterocycles. The van der Waals surface area contributed by atoms with Crippen molar-refractivity contribution in [1.82, 2.24) is 14.6 Å². The third kappa shape index (κ3) is 6.51. The molecule has 3 aromatic rings. The molecule has 1 saturated heterocycles. The van der Waals surface area contributed by atoms with Gasteiger partial charge in [-0.15, -0.1) is 11.3 Å². The highest BCUT2D eigenvalue weighted by molar-refractivity contribution is 7.91. The van der Waals surface area contributed by atoms with Gasteiger partial charge in [0.25, 0.3) is 15.9 Å². The summed E-state index contributed by atoms with van der Waals surface area (Å²) in [5.41, 5.74) is 0.369. The molecule has 0 radical (unpaired) electrons. The lowest BCUT2D eigenvalue weighted by atomic mass is 10.1. The molecule has 1 amide bonds. The molecule has 39 heavy (non-hydrogen) atoms. The third-order valence-corrected chi connectivity index (χ3v) is 9.50. The third-order valence-electron chi connectivity index (χ3n) is 5.95. The second-order valence-electron chi connectivity index (χ2n) is 9.09. The van der Waals surface area contributed by atoms with Crippen molar-refractivity contribution in [3.05, 3.63) is 64.0 Å². The average molecular weight is 609 g/mol. The number of pyridine rings is 1. The number of hydrogen-bond donors (Lipinski definition) is 1. The molecule has 1 aliphatic heterocycles. The number of hydrogen-bond acceptors (Lipinski definition) is 6. The van der Waals surface area contributed by atoms with E-state index in [1.165, 1.54) is 24.3 Å². The maximum Gasteiger partial charge on any atom is 0.416 e. The Morgan fingerprint density at radius 3 is 2.41 bits per heavy atom. The second-order valence-corrected chi connectivity index (χ2v) is 12.9. The number of benzene rings is 1. The summed E-state index contributed by atoms with van der Waals surface area (Å²) in [6.45, 7) is -1.32. The lowest BCUT2D eigenvalue weighted by Gasteiger charge is -2.22. The highest BCUT2D eigenvalue weighted by atomic mass is 35.5. The average Bonchev–Trinajstić information content (AvgIpc) is 3.45. The Morgan fingerprint density at radius 2 is 1.85 bits per heavy atom. The molecule has 1 fully saturated rings. The quantitative estimate of drug-likeness (QED) is 0.370. The lowest BCUT2D eigenvalue weighted by molar-refractivity contribution is -0.137. The predicted molar refractivity (Wildman–Crippen MR) is 137 cm³/mol. The van der Waals surface area contributed by atoms with E-state index in [1.807, 2.05) is 0 Å². The van der Waals surface area contributed by atoms with Crippen LogP contribution in [0.1, 0.15) is 17.5 Å². The summed E-state index contributed by atoms with van der Waals surface area (Å²) in [6, 6.07) is 8.41. The monoisotopic (exact) mass is 608 g/mol. The van der Waals surface area contributed by atoms with Gasteiger partial charge in [-0.3, -0.25) is 4.79 Å². The lowest BCUT2D eigenvalue weighted by Crippen LogP contribution is -2.45. The summed E-state index contributed by atoms with van der Waals surface area (Å²) in [6.07, 6.45) is -5.49. The van der Waals surface area contributed by atoms with E-state index in [0.29, 0.717) is 38.3 Å². The standard InChI is InChI=1S/C24H22ClF5N4O3S2/c1-33(2)20-10-14(9-17(32-20)15-3-5-16(6-4-15)24(28,29)30)12-31-22(35)18-11-23(26,27)13-34(18)39(36,37)21-8-7-19(25)38-21/h3-10,18H,11-13H2,1-2H3,(H,31,35)/t18-/m0/s1. The number of rotatable bonds is 7. The van der Waals surface area contributed by atoms with E-state index in [0.717, 1.165) is 12.1 Å². The Morgan fingerprint density at radius 1 is 1.18 bits per heavy atom. The maximum absolute atomic E-state index is 14.3. The molecule has 0 spiro atoms. The highest BCUT2D eigenvalue weighted by Crippen LogP contribution is 2.38. The number of sulfonamides is 1. The number of aromatic nitrogens is 1. The molecule has 1 N–H and O–H groups in total. The normalized spacial score (nSPS) is 17.8. The minimum atomic E-state index is -4.50. The zero-order valence-electron chi connectivity index (χ0n) is 20.5. The van der Waals surface area contributed by atoms with Crippen molar-refractivity contribution in [2.45, 2.75) is 35.3 Å². The number of alkyl halides is 5. The van der Waals surface area contributed by atoms with E-state index in [2.05, 4.69) is 10.3 Å². The summed E-state index contributed by atoms with van der Waals surface area (Å²) >= 11 is 6.51. The number of amides is 1. The van der Waals surface area contributed by atoms with Crippen molar-refractivity contribution >= 4 is 44.7 Å². The second kappa shape index (κ2) is 10.6. The SMILES string of the molecule is CN(C)c1cc(CNC(=O)[C@@H]2CC(F)(F)CN2S(=O)(=O)c2ccc(Cl)s2)cc(-c2ccc(C(F)(F)F)cc2)n1. The van der Waals surface area contributed by atoms with Crippen LogP contribution in [0, 0.1) is 0 Å². The van der Waals surface area contributed by atoms with E-state index in [1.54, 1.807) is 31.1 Å². The van der Waals surface area contributed by atoms with Gasteiger partial charge in [0, 0.05) is 32.6 Å². The van der Waals surface area contributed by atoms with Crippen LogP contribution >= 0.6 is 22.9 Å². The van der Waals surface area contributed by atoms with E-state index < -0.39 is 52.6 Å². The number of carbonyl (C=O) groups excluding carboxylic acids is 1. The molecule has 1 aromatic carbocycles. The van der Waals surface area contributed by atoms with E-state index in [9.17, 15) is 35.2 Å². The van der Waals surface area contributed by atoms with Crippen LogP contribution in [0.15, 0.2) is 52.7 Å². The molecule has 0 aliphatic carbocycles. The molecule has 0 bridgehead atoms. The Balaban J connectivity index is 1.57. The highest BCUT2D eigenvalue weighted by Gasteiger charge is 2.53. The molecular weight excluding hydrogens is 587 g/mol. The van der Waals surface area contributed by atoms with Gasteiger partial charge in [-0.1, -0.05) is 23.7 Å². The first-order valence-electron chi connectivity index (χ1n) is 11.4. The number of carbonyl (C=O) groups is 1. The molecule has 15 heteroatoms. The summed E-state index contributed by atoms with van der Waals surface area (Å²) < 4.78 is 93.9.